The topological polar surface area (TPSA) is 617 Å². The Morgan fingerprint density at radius 3 is 1.27 bits per heavy atom. The fourth-order valence-corrected chi connectivity index (χ4v) is 21.6. The van der Waals surface area contributed by atoms with Crippen LogP contribution in [-0.4, -0.2) is 388 Å². The molecule has 4 aromatic rings. The number of aryl methyl sites for hydroxylation is 4. The fraction of sp³-hybridized carbons (Fsp3) is 0.800. The summed E-state index contributed by atoms with van der Waals surface area (Å²) < 4.78 is 114. The Balaban J connectivity index is 0.000000343. The number of rotatable bonds is 29. The van der Waals surface area contributed by atoms with Crippen LogP contribution in [0.5, 0.6) is 0 Å². The Hall–Kier alpha value is -7.00. The van der Waals surface area contributed by atoms with Gasteiger partial charge in [0.1, 0.15) is 77.5 Å². The summed E-state index contributed by atoms with van der Waals surface area (Å²) in [5, 5.41) is 180. The van der Waals surface area contributed by atoms with Crippen molar-refractivity contribution in [2.75, 3.05) is 68.6 Å². The van der Waals surface area contributed by atoms with Crippen molar-refractivity contribution in [2.24, 2.45) is 35.5 Å². The molecule has 2 aromatic carbocycles. The van der Waals surface area contributed by atoms with Crippen molar-refractivity contribution in [3.8, 4) is 0 Å². The maximum atomic E-state index is 14.5. The molecule has 0 bridgehead atoms. The SMILES string of the molecule is CC[C@H]1OC(=O)[C@H](C)[C@@H](O[C@H]2C[C@@](C)(OC)[C@@H](O)[C@H](C)O2)[C@H](C)[C@@H](O[C@@H]2O[C@H](C)C[C@H](N(C)C/C=C/c3cn(CCc4ccc([N+](=O)[O-])cc4)nn3)[C@H]2O)[C@](C)(O)C[C@@H](C)CN(C)[C@H](C)[C@@H](O)[C@]1(C)O.CC[C@H]1OC(=O)[C@H](C)[C@@H](O[C@H]2C[C@@](C)(OC)[C@@H](O)[C@H](C)O2)[C@H](C)[C@@H](O[C@@H]2O[C@H](C)C[C@H](N(C)CC(O)C(O)c3cn(CCc4ccc([N+](=O)[O-])cc4)nn3)[C@H]2O)[C@](C)(O)C[C@@H](C)CN(C)[C@H](C)[C@@H](O)[C@]1(C)O.[O]=[Os](=[O])(=[O])=[O]. The third kappa shape index (κ3) is 33.0. The molecule has 10 rings (SSSR count). The van der Waals surface area contributed by atoms with Gasteiger partial charge in [-0.3, -0.25) is 49.0 Å². The number of nitro benzene ring substituents is 2. The molecular formula is C100H166N12O34Os. The summed E-state index contributed by atoms with van der Waals surface area (Å²) in [5.74, 6) is -5.86. The number of non-ortho nitro benzene ring substituents is 2. The van der Waals surface area contributed by atoms with Crippen molar-refractivity contribution >= 4 is 29.4 Å². The first-order valence-electron chi connectivity index (χ1n) is 50.7. The number of methoxy groups -OCH3 is 2. The van der Waals surface area contributed by atoms with Crippen molar-refractivity contribution < 1.29 is 167 Å². The van der Waals surface area contributed by atoms with E-state index in [9.17, 15) is 91.1 Å². The van der Waals surface area contributed by atoms with E-state index in [-0.39, 0.29) is 80.1 Å². The number of benzene rings is 2. The van der Waals surface area contributed by atoms with Crippen LogP contribution in [0.2, 0.25) is 0 Å². The van der Waals surface area contributed by atoms with E-state index in [1.54, 1.807) is 152 Å². The van der Waals surface area contributed by atoms with E-state index in [0.29, 0.717) is 64.1 Å². The molecule has 6 aliphatic heterocycles. The van der Waals surface area contributed by atoms with Crippen LogP contribution >= 0.6 is 0 Å². The minimum atomic E-state index is -6.06. The van der Waals surface area contributed by atoms with Gasteiger partial charge in [-0.2, -0.15) is 0 Å². The maximum absolute atomic E-state index is 14.5. The molecule has 838 valence electrons. The molecule has 0 spiro atoms. The van der Waals surface area contributed by atoms with Gasteiger partial charge in [0.25, 0.3) is 11.4 Å². The Morgan fingerprint density at radius 2 is 0.905 bits per heavy atom. The van der Waals surface area contributed by atoms with Crippen LogP contribution in [0, 0.1) is 55.7 Å². The summed E-state index contributed by atoms with van der Waals surface area (Å²) in [7, 11) is 10.2. The second-order valence-electron chi connectivity index (χ2n) is 43.2. The predicted molar refractivity (Wildman–Crippen MR) is 523 cm³/mol. The van der Waals surface area contributed by atoms with E-state index in [4.69, 9.17) is 71.0 Å². The van der Waals surface area contributed by atoms with Crippen molar-refractivity contribution in [2.45, 2.75) is 409 Å². The van der Waals surface area contributed by atoms with Crippen molar-refractivity contribution in [3.63, 3.8) is 0 Å². The van der Waals surface area contributed by atoms with Crippen LogP contribution in [-0.2, 0) is 121 Å². The van der Waals surface area contributed by atoms with Gasteiger partial charge in [-0.15, -0.1) is 10.2 Å². The predicted octanol–water partition coefficient (Wildman–Crippen LogP) is 5.36. The number of hydrogen-bond donors (Lipinski definition) is 12. The molecule has 8 heterocycles. The first kappa shape index (κ1) is 125. The first-order chi connectivity index (χ1) is 68.3. The first-order valence-corrected chi connectivity index (χ1v) is 54.8. The number of nitrogens with zero attached hydrogens (tertiary/aromatic N) is 12. The zero-order valence-electron chi connectivity index (χ0n) is 89.8. The molecule has 0 saturated carbocycles. The molecule has 0 amide bonds. The quantitative estimate of drug-likeness (QED) is 0.0185. The number of ether oxygens (including phenoxy) is 12. The van der Waals surface area contributed by atoms with Crippen LogP contribution in [0.1, 0.15) is 218 Å². The average molecular weight is 2270 g/mol. The molecule has 46 nitrogen and oxygen atoms in total. The summed E-state index contributed by atoms with van der Waals surface area (Å²) in [5.41, 5.74) is -6.70. The van der Waals surface area contributed by atoms with Crippen LogP contribution in [0.3, 0.4) is 0 Å². The second-order valence-corrected chi connectivity index (χ2v) is 45.8. The van der Waals surface area contributed by atoms with Gasteiger partial charge in [-0.05, 0) is 206 Å². The third-order valence-electron chi connectivity index (χ3n) is 30.7. The molecular weight excluding hydrogens is 2100 g/mol. The summed E-state index contributed by atoms with van der Waals surface area (Å²) in [6.07, 6.45) is -14.2. The van der Waals surface area contributed by atoms with E-state index in [0.717, 1.165) is 11.1 Å². The molecule has 6 fully saturated rings. The van der Waals surface area contributed by atoms with E-state index < -0.39 is 247 Å². The van der Waals surface area contributed by atoms with Crippen LogP contribution in [0.4, 0.5) is 11.4 Å². The van der Waals surface area contributed by atoms with E-state index in [1.165, 1.54) is 63.2 Å². The molecule has 6 aliphatic rings. The van der Waals surface area contributed by atoms with Crippen LogP contribution in [0.15, 0.2) is 67.0 Å². The zero-order valence-corrected chi connectivity index (χ0v) is 92.3. The number of cyclic esters (lactones) is 2. The average Bonchev–Trinajstić information content (AvgIpc) is 1.75. The number of likely N-dealkylation sites (N-methyl/N-ethyl adjacent to an activating group) is 4. The molecule has 6 saturated heterocycles. The van der Waals surface area contributed by atoms with Crippen LogP contribution in [0.25, 0.3) is 6.08 Å². The molecule has 12 N–H and O–H groups in total. The van der Waals surface area contributed by atoms with Crippen molar-refractivity contribution in [3.05, 3.63) is 110 Å². The second kappa shape index (κ2) is 53.2. The van der Waals surface area contributed by atoms with Gasteiger partial charge in [0.05, 0.1) is 111 Å². The number of esters is 2. The molecule has 2 unspecified atom stereocenters. The molecule has 147 heavy (non-hydrogen) atoms. The number of aromatic nitrogens is 6. The van der Waals surface area contributed by atoms with E-state index in [1.807, 2.05) is 67.9 Å². The number of carbonyl (C=O) groups is 2. The van der Waals surface area contributed by atoms with E-state index in [2.05, 4.69) is 20.6 Å². The number of aliphatic hydroxyl groups excluding tert-OH is 8. The summed E-state index contributed by atoms with van der Waals surface area (Å²) in [6, 6.07) is 10.2. The van der Waals surface area contributed by atoms with Crippen LogP contribution < -0.4 is 0 Å². The minimum absolute atomic E-state index is 0.0170. The molecule has 38 atom stereocenters. The third-order valence-corrected chi connectivity index (χ3v) is 30.7. The molecule has 0 radical (unpaired) electrons. The number of aliphatic hydroxyl groups is 12. The van der Waals surface area contributed by atoms with Gasteiger partial charge in [0.2, 0.25) is 0 Å². The van der Waals surface area contributed by atoms with Gasteiger partial charge in [-0.1, -0.05) is 82.3 Å². The standard InChI is InChI=1S/C50H84N6O16.C50H82N6O14.4O.Os/c1-14-38-50(10,64)43(60)31(6)53(11)24-27(2)22-48(8,63)45(29(4)42(30(5)46(62)70-38)71-39-23-49(9,67-13)44(61)32(7)69-39)72-47-41(59)36(21-28(3)68-47)54(12)26-37(57)40(58)35-25-55(52-51-35)20-19-33-15-17-34(18-16-33)56(65)66;1-14-39-50(10,62)43(58)33(6)54(12)27-29(2)25-48(8,61)45(31(4)42(32(5)46(60)68-39)69-40-26-49(9,65-13)44(59)34(7)67-40)70-47-41(57)38(24-30(3)66-47)53(11)22-15-16-36-28-55(52-51-36)23-21-35-17-19-37(20-18-35)56(63)64;;;;;/h15-18,25,27-32,36-45,47,57-61,63-64H,14,19-24,26H2,1-13H3;15-20,28-34,38-45,47,57-59,61-62H,14,21-27H2,1-13H3;;;;;/b;16-15+;;;;;/t27-,28-,29+,30-,31-,32+,36+,37?,38-,39+,40?,41-,42+,43-,44+,45-,47+,48-,49-,50-;29-,30-,31+,32-,33-,34+,38+,39-,40+,41-,42+,43-,44+,45-,47+,48-,49-,50-;;;;;/m11...../s1. The van der Waals surface area contributed by atoms with Gasteiger partial charge in [0, 0.05) is 127 Å². The molecule has 2 aromatic heterocycles. The molecule has 0 aliphatic carbocycles. The van der Waals surface area contributed by atoms with Gasteiger partial charge >= 0.3 is 40.9 Å². The Kier molecular flexibility index (Phi) is 45.3. The Morgan fingerprint density at radius 1 is 0.537 bits per heavy atom. The normalized spacial score (nSPS) is 39.0. The van der Waals surface area contributed by atoms with Crippen molar-refractivity contribution in [1.29, 1.82) is 0 Å². The van der Waals surface area contributed by atoms with E-state index >= 15 is 0 Å². The van der Waals surface area contributed by atoms with Gasteiger partial charge < -0.3 is 128 Å². The monoisotopic (exact) mass is 2270 g/mol. The van der Waals surface area contributed by atoms with Crippen molar-refractivity contribution in [1.82, 2.24) is 49.6 Å². The summed E-state index contributed by atoms with van der Waals surface area (Å²) in [4.78, 5) is 57.6. The number of nitro groups is 2. The number of hydrogen-bond acceptors (Lipinski definition) is 42. The Bertz CT molecular complexity index is 5070. The summed E-state index contributed by atoms with van der Waals surface area (Å²) >= 11 is -6.06. The van der Waals surface area contributed by atoms with Gasteiger partial charge in [0.15, 0.2) is 25.2 Å². The Labute approximate surface area is 863 Å². The zero-order chi connectivity index (χ0) is 110. The molecule has 47 heteroatoms. The van der Waals surface area contributed by atoms with Gasteiger partial charge in [-0.25, -0.2) is 0 Å². The summed E-state index contributed by atoms with van der Waals surface area (Å²) in [6.45, 7) is 36.5. The fourth-order valence-electron chi connectivity index (χ4n) is 21.6. The number of carbonyl (C=O) groups excluding carboxylic acids is 2.